The van der Waals surface area contributed by atoms with Gasteiger partial charge in [0, 0.05) is 18.5 Å². The van der Waals surface area contributed by atoms with Crippen molar-refractivity contribution in [1.82, 2.24) is 4.90 Å². The van der Waals surface area contributed by atoms with Crippen LogP contribution in [0.1, 0.15) is 40.5 Å². The van der Waals surface area contributed by atoms with Gasteiger partial charge in [-0.15, -0.1) is 0 Å². The van der Waals surface area contributed by atoms with Gasteiger partial charge >= 0.3 is 0 Å². The third-order valence-electron chi connectivity index (χ3n) is 3.17. The van der Waals surface area contributed by atoms with Crippen molar-refractivity contribution in [2.75, 3.05) is 13.1 Å². The van der Waals surface area contributed by atoms with Gasteiger partial charge in [-0.1, -0.05) is 27.7 Å². The number of amides is 1. The summed E-state index contributed by atoms with van der Waals surface area (Å²) in [4.78, 5) is 14.0. The Bertz CT molecular complexity index is 198. The lowest BCUT2D eigenvalue weighted by Gasteiger charge is -2.28. The highest BCUT2D eigenvalue weighted by molar-refractivity contribution is 5.82. The van der Waals surface area contributed by atoms with E-state index in [4.69, 9.17) is 0 Å². The van der Waals surface area contributed by atoms with Gasteiger partial charge in [0.05, 0.1) is 0 Å². The molecule has 0 N–H and O–H groups in total. The molecule has 13 heavy (non-hydrogen) atoms. The van der Waals surface area contributed by atoms with Crippen molar-refractivity contribution < 1.29 is 4.79 Å². The number of rotatable bonds is 2. The van der Waals surface area contributed by atoms with E-state index in [1.807, 2.05) is 18.7 Å². The molecule has 1 atom stereocenters. The maximum absolute atomic E-state index is 12.0. The van der Waals surface area contributed by atoms with Gasteiger partial charge in [0.15, 0.2) is 0 Å². The molecule has 2 heteroatoms. The number of hydrogen-bond acceptors (Lipinski definition) is 1. The highest BCUT2D eigenvalue weighted by Crippen LogP contribution is 2.26. The molecular weight excluding hydrogens is 162 g/mol. The molecule has 76 valence electrons. The maximum atomic E-state index is 12.0. The topological polar surface area (TPSA) is 20.3 Å². The summed E-state index contributed by atoms with van der Waals surface area (Å²) in [5.74, 6) is 1.02. The molecule has 1 aliphatic heterocycles. The zero-order chi connectivity index (χ0) is 10.1. The number of nitrogens with zero attached hydrogens (tertiary/aromatic N) is 1. The van der Waals surface area contributed by atoms with E-state index in [1.165, 1.54) is 6.42 Å². The molecule has 0 aliphatic carbocycles. The number of carbonyl (C=O) groups excluding carboxylic acids is 1. The van der Waals surface area contributed by atoms with Gasteiger partial charge in [0.2, 0.25) is 5.91 Å². The Kier molecular flexibility index (Phi) is 2.99. The number of likely N-dealkylation sites (tertiary alicyclic amines) is 1. The highest BCUT2D eigenvalue weighted by Gasteiger charge is 2.33. The van der Waals surface area contributed by atoms with Crippen molar-refractivity contribution in [1.29, 1.82) is 0 Å². The van der Waals surface area contributed by atoms with Crippen LogP contribution in [0.2, 0.25) is 0 Å². The summed E-state index contributed by atoms with van der Waals surface area (Å²) in [6, 6.07) is 0. The first-order valence-corrected chi connectivity index (χ1v) is 5.26. The molecule has 1 rings (SSSR count). The molecule has 0 aromatic rings. The summed E-state index contributed by atoms with van der Waals surface area (Å²) >= 11 is 0. The van der Waals surface area contributed by atoms with E-state index in [2.05, 4.69) is 13.8 Å². The SMILES string of the molecule is CCC(C)(C)C(=O)N1CC[C@H](C)C1. The molecule has 0 aromatic carbocycles. The van der Waals surface area contributed by atoms with Crippen molar-refractivity contribution in [2.45, 2.75) is 40.5 Å². The predicted octanol–water partition coefficient (Wildman–Crippen LogP) is 2.29. The zero-order valence-electron chi connectivity index (χ0n) is 9.26. The van der Waals surface area contributed by atoms with Crippen molar-refractivity contribution in [3.05, 3.63) is 0 Å². The Morgan fingerprint density at radius 2 is 2.15 bits per heavy atom. The highest BCUT2D eigenvalue weighted by atomic mass is 16.2. The minimum absolute atomic E-state index is 0.163. The molecule has 0 spiro atoms. The Hall–Kier alpha value is -0.530. The van der Waals surface area contributed by atoms with Crippen LogP contribution in [0.4, 0.5) is 0 Å². The lowest BCUT2D eigenvalue weighted by atomic mass is 9.88. The van der Waals surface area contributed by atoms with Crippen LogP contribution in [-0.4, -0.2) is 23.9 Å². The van der Waals surface area contributed by atoms with E-state index in [0.29, 0.717) is 11.8 Å². The van der Waals surface area contributed by atoms with Crippen LogP contribution < -0.4 is 0 Å². The van der Waals surface area contributed by atoms with Crippen LogP contribution in [0.3, 0.4) is 0 Å². The van der Waals surface area contributed by atoms with E-state index in [-0.39, 0.29) is 5.41 Å². The van der Waals surface area contributed by atoms with Gasteiger partial charge in [-0.2, -0.15) is 0 Å². The van der Waals surface area contributed by atoms with E-state index >= 15 is 0 Å². The van der Waals surface area contributed by atoms with Crippen LogP contribution in [0.5, 0.6) is 0 Å². The molecule has 0 radical (unpaired) electrons. The molecule has 0 saturated carbocycles. The molecule has 2 nitrogen and oxygen atoms in total. The lowest BCUT2D eigenvalue weighted by molar-refractivity contribution is -0.139. The van der Waals surface area contributed by atoms with Crippen molar-refractivity contribution >= 4 is 5.91 Å². The average Bonchev–Trinajstić information content (AvgIpc) is 2.50. The summed E-state index contributed by atoms with van der Waals surface area (Å²) in [6.45, 7) is 10.3. The second-order valence-electron chi connectivity index (χ2n) is 4.88. The van der Waals surface area contributed by atoms with E-state index < -0.39 is 0 Å². The Labute approximate surface area is 81.3 Å². The summed E-state index contributed by atoms with van der Waals surface area (Å²) in [5.41, 5.74) is -0.163. The largest absolute Gasteiger partial charge is 0.342 e. The molecule has 1 saturated heterocycles. The van der Waals surface area contributed by atoms with Crippen LogP contribution in [0.15, 0.2) is 0 Å². The summed E-state index contributed by atoms with van der Waals surface area (Å²) < 4.78 is 0. The van der Waals surface area contributed by atoms with Gasteiger partial charge in [0.1, 0.15) is 0 Å². The minimum Gasteiger partial charge on any atom is -0.342 e. The molecule has 1 fully saturated rings. The molecule has 0 unspecified atom stereocenters. The van der Waals surface area contributed by atoms with Gasteiger partial charge < -0.3 is 4.90 Å². The van der Waals surface area contributed by atoms with Gasteiger partial charge in [0.25, 0.3) is 0 Å². The Morgan fingerprint density at radius 3 is 2.54 bits per heavy atom. The molecule has 1 amide bonds. The third-order valence-corrected chi connectivity index (χ3v) is 3.17. The first kappa shape index (κ1) is 10.6. The summed E-state index contributed by atoms with van der Waals surface area (Å²) in [5, 5.41) is 0. The van der Waals surface area contributed by atoms with Gasteiger partial charge in [-0.3, -0.25) is 4.79 Å². The smallest absolute Gasteiger partial charge is 0.228 e. The summed E-state index contributed by atoms with van der Waals surface area (Å²) in [6.07, 6.45) is 2.10. The van der Waals surface area contributed by atoms with E-state index in [1.54, 1.807) is 0 Å². The predicted molar refractivity (Wildman–Crippen MR) is 54.4 cm³/mol. The normalized spacial score (nSPS) is 23.7. The minimum atomic E-state index is -0.163. The quantitative estimate of drug-likeness (QED) is 0.643. The fourth-order valence-electron chi connectivity index (χ4n) is 1.70. The molecular formula is C11H21NO. The Balaban J connectivity index is 2.58. The third kappa shape index (κ3) is 2.23. The van der Waals surface area contributed by atoms with Gasteiger partial charge in [-0.05, 0) is 18.8 Å². The lowest BCUT2D eigenvalue weighted by Crippen LogP contribution is -2.39. The molecule has 0 aromatic heterocycles. The van der Waals surface area contributed by atoms with E-state index in [0.717, 1.165) is 19.5 Å². The fraction of sp³-hybridized carbons (Fsp3) is 0.909. The first-order valence-electron chi connectivity index (χ1n) is 5.26. The maximum Gasteiger partial charge on any atom is 0.228 e. The second-order valence-corrected chi connectivity index (χ2v) is 4.88. The molecule has 1 heterocycles. The van der Waals surface area contributed by atoms with Crippen molar-refractivity contribution in [3.8, 4) is 0 Å². The van der Waals surface area contributed by atoms with Gasteiger partial charge in [-0.25, -0.2) is 0 Å². The zero-order valence-corrected chi connectivity index (χ0v) is 9.26. The number of hydrogen-bond donors (Lipinski definition) is 0. The average molecular weight is 183 g/mol. The monoisotopic (exact) mass is 183 g/mol. The van der Waals surface area contributed by atoms with E-state index in [9.17, 15) is 4.79 Å². The van der Waals surface area contributed by atoms with Crippen molar-refractivity contribution in [3.63, 3.8) is 0 Å². The second kappa shape index (κ2) is 3.69. The van der Waals surface area contributed by atoms with Crippen molar-refractivity contribution in [2.24, 2.45) is 11.3 Å². The molecule has 0 bridgehead atoms. The van der Waals surface area contributed by atoms with Crippen LogP contribution >= 0.6 is 0 Å². The summed E-state index contributed by atoms with van der Waals surface area (Å²) in [7, 11) is 0. The van der Waals surface area contributed by atoms with Crippen LogP contribution in [0, 0.1) is 11.3 Å². The van der Waals surface area contributed by atoms with Crippen LogP contribution in [0.25, 0.3) is 0 Å². The fourth-order valence-corrected chi connectivity index (χ4v) is 1.70. The number of carbonyl (C=O) groups is 1. The Morgan fingerprint density at radius 1 is 1.54 bits per heavy atom. The first-order chi connectivity index (χ1) is 5.97. The van der Waals surface area contributed by atoms with Crippen LogP contribution in [-0.2, 0) is 4.79 Å². The molecule has 1 aliphatic rings. The standard InChI is InChI=1S/C11H21NO/c1-5-11(3,4)10(13)12-7-6-9(2)8-12/h9H,5-8H2,1-4H3/t9-/m0/s1.